The Morgan fingerprint density at radius 1 is 1.10 bits per heavy atom. The van der Waals surface area contributed by atoms with Gasteiger partial charge < -0.3 is 9.72 Å². The van der Waals surface area contributed by atoms with Crippen LogP contribution in [0.3, 0.4) is 0 Å². The molecule has 2 aliphatic heterocycles. The maximum Gasteiger partial charge on any atom is 0.131 e. The molecule has 2 aromatic carbocycles. The molecule has 1 aromatic heterocycles. The Labute approximate surface area is 188 Å². The molecular weight excluding hydrogens is 406 g/mol. The van der Waals surface area contributed by atoms with Gasteiger partial charge in [0.2, 0.25) is 0 Å². The number of nitrogens with one attached hydrogen (secondary N) is 1. The predicted molar refractivity (Wildman–Crippen MR) is 125 cm³/mol. The van der Waals surface area contributed by atoms with Gasteiger partial charge in [0.05, 0.1) is 11.7 Å². The highest BCUT2D eigenvalue weighted by Crippen LogP contribution is 2.47. The Morgan fingerprint density at radius 3 is 2.74 bits per heavy atom. The summed E-state index contributed by atoms with van der Waals surface area (Å²) in [6.45, 7) is 8.62. The highest BCUT2D eigenvalue weighted by atomic mass is 35.5. The second-order valence-electron chi connectivity index (χ2n) is 10.0. The van der Waals surface area contributed by atoms with E-state index in [-0.39, 0.29) is 5.54 Å². The molecule has 3 aromatic rings. The summed E-state index contributed by atoms with van der Waals surface area (Å²) >= 11 is 6.20. The lowest BCUT2D eigenvalue weighted by atomic mass is 9.86. The molecule has 1 fully saturated rings. The second kappa shape index (κ2) is 6.85. The van der Waals surface area contributed by atoms with Gasteiger partial charge in [0.1, 0.15) is 18.2 Å². The Morgan fingerprint density at radius 2 is 1.90 bits per heavy atom. The largest absolute Gasteiger partial charge is 0.488 e. The van der Waals surface area contributed by atoms with Crippen LogP contribution in [-0.4, -0.2) is 27.0 Å². The number of H-pyrrole nitrogens is 1. The Bertz CT molecular complexity index is 1190. The van der Waals surface area contributed by atoms with E-state index in [2.05, 4.69) is 48.9 Å². The molecule has 1 saturated heterocycles. The summed E-state index contributed by atoms with van der Waals surface area (Å²) < 4.78 is 6.28. The molecule has 0 radical (unpaired) electrons. The fourth-order valence-electron chi connectivity index (χ4n) is 5.66. The van der Waals surface area contributed by atoms with Gasteiger partial charge in [-0.1, -0.05) is 23.7 Å². The number of hydrogen-bond donors (Lipinski definition) is 1. The number of benzene rings is 2. The van der Waals surface area contributed by atoms with E-state index in [0.29, 0.717) is 12.6 Å². The molecule has 3 aliphatic rings. The van der Waals surface area contributed by atoms with Crippen LogP contribution in [0, 0.1) is 0 Å². The van der Waals surface area contributed by atoms with E-state index in [1.54, 1.807) is 0 Å². The number of imidazole rings is 1. The lowest BCUT2D eigenvalue weighted by Crippen LogP contribution is -2.40. The van der Waals surface area contributed by atoms with E-state index in [9.17, 15) is 0 Å². The predicted octanol–water partition coefficient (Wildman–Crippen LogP) is 6.32. The number of rotatable bonds is 1. The zero-order valence-corrected chi connectivity index (χ0v) is 19.1. The van der Waals surface area contributed by atoms with Crippen molar-refractivity contribution in [2.45, 2.75) is 64.6 Å². The van der Waals surface area contributed by atoms with Crippen molar-refractivity contribution in [1.29, 1.82) is 0 Å². The van der Waals surface area contributed by atoms with Crippen LogP contribution in [0.1, 0.15) is 62.3 Å². The summed E-state index contributed by atoms with van der Waals surface area (Å²) in [5.74, 6) is 2.16. The lowest BCUT2D eigenvalue weighted by molar-refractivity contribution is 0.117. The van der Waals surface area contributed by atoms with Gasteiger partial charge in [-0.15, -0.1) is 0 Å². The first-order valence-corrected chi connectivity index (χ1v) is 11.7. The zero-order valence-electron chi connectivity index (χ0n) is 18.4. The molecule has 0 saturated carbocycles. The Kier molecular flexibility index (Phi) is 4.28. The van der Waals surface area contributed by atoms with Gasteiger partial charge in [0.25, 0.3) is 0 Å². The molecule has 0 bridgehead atoms. The molecular formula is C26H28ClN3O. The molecule has 1 N–H and O–H groups in total. The van der Waals surface area contributed by atoms with Crippen LogP contribution in [0.5, 0.6) is 5.75 Å². The third kappa shape index (κ3) is 3.03. The van der Waals surface area contributed by atoms with Crippen molar-refractivity contribution in [3.63, 3.8) is 0 Å². The molecule has 0 unspecified atom stereocenters. The monoisotopic (exact) mass is 433 g/mol. The number of nitrogens with zero attached hydrogens (tertiary/aromatic N) is 2. The van der Waals surface area contributed by atoms with Gasteiger partial charge in [0.15, 0.2) is 0 Å². The maximum atomic E-state index is 6.28. The smallest absolute Gasteiger partial charge is 0.131 e. The van der Waals surface area contributed by atoms with E-state index in [0.717, 1.165) is 47.2 Å². The first-order chi connectivity index (χ1) is 14.9. The number of fused-ring (bicyclic) bond motifs is 7. The van der Waals surface area contributed by atoms with Crippen LogP contribution in [0.2, 0.25) is 5.02 Å². The van der Waals surface area contributed by atoms with Crippen LogP contribution in [0.4, 0.5) is 0 Å². The minimum atomic E-state index is 0.148. The van der Waals surface area contributed by atoms with Crippen molar-refractivity contribution in [2.24, 2.45) is 0 Å². The molecule has 1 aliphatic carbocycles. The second-order valence-corrected chi connectivity index (χ2v) is 10.5. The minimum absolute atomic E-state index is 0.148. The summed E-state index contributed by atoms with van der Waals surface area (Å²) in [5.41, 5.74) is 8.61. The van der Waals surface area contributed by atoms with Gasteiger partial charge >= 0.3 is 0 Å². The number of halogens is 1. The standard InChI is InChI=1S/C26H28ClN3O/c1-26(2,3)30-12-4-5-22(30)25-28-21-11-10-20-18(23(21)29-25)8-9-19-17-7-6-16(27)13-15(17)14-31-24(19)20/h6-9,13,22H,4-5,10-12,14H2,1-3H3,(H,28,29)/t22-/m0/s1. The van der Waals surface area contributed by atoms with Crippen molar-refractivity contribution < 1.29 is 4.74 Å². The summed E-state index contributed by atoms with van der Waals surface area (Å²) in [6.07, 6.45) is 4.35. The van der Waals surface area contributed by atoms with E-state index < -0.39 is 0 Å². The molecule has 4 nitrogen and oxygen atoms in total. The number of likely N-dealkylation sites (tertiary alicyclic amines) is 1. The lowest BCUT2D eigenvalue weighted by Gasteiger charge is -2.36. The minimum Gasteiger partial charge on any atom is -0.488 e. The van der Waals surface area contributed by atoms with Crippen LogP contribution >= 0.6 is 11.6 Å². The summed E-state index contributed by atoms with van der Waals surface area (Å²) in [7, 11) is 0. The fourth-order valence-corrected chi connectivity index (χ4v) is 5.86. The average molecular weight is 434 g/mol. The van der Waals surface area contributed by atoms with Crippen LogP contribution in [0.25, 0.3) is 22.4 Å². The third-order valence-electron chi connectivity index (χ3n) is 7.10. The summed E-state index contributed by atoms with van der Waals surface area (Å²) in [4.78, 5) is 11.5. The zero-order chi connectivity index (χ0) is 21.3. The van der Waals surface area contributed by atoms with Crippen LogP contribution in [0.15, 0.2) is 30.3 Å². The fraction of sp³-hybridized carbons (Fsp3) is 0.423. The Balaban J connectivity index is 1.42. The maximum absolute atomic E-state index is 6.28. The molecule has 5 heteroatoms. The number of aromatic amines is 1. The number of aromatic nitrogens is 2. The van der Waals surface area contributed by atoms with Crippen LogP contribution < -0.4 is 4.74 Å². The van der Waals surface area contributed by atoms with Crippen molar-refractivity contribution >= 4 is 11.6 Å². The average Bonchev–Trinajstić information content (AvgIpc) is 3.39. The van der Waals surface area contributed by atoms with Gasteiger partial charge in [-0.2, -0.15) is 0 Å². The highest BCUT2D eigenvalue weighted by Gasteiger charge is 2.37. The van der Waals surface area contributed by atoms with E-state index in [1.165, 1.54) is 40.8 Å². The molecule has 31 heavy (non-hydrogen) atoms. The first kappa shape index (κ1) is 19.4. The first-order valence-electron chi connectivity index (χ1n) is 11.3. The molecule has 0 spiro atoms. The SMILES string of the molecule is CC(C)(C)N1CCC[C@H]1c1nc2c([nH]1)CCc1c-2ccc2c1OCc1cc(Cl)ccc1-2. The number of ether oxygens (including phenoxy) is 1. The molecule has 3 heterocycles. The van der Waals surface area contributed by atoms with E-state index >= 15 is 0 Å². The van der Waals surface area contributed by atoms with Crippen molar-refractivity contribution in [2.75, 3.05) is 6.54 Å². The quantitative estimate of drug-likeness (QED) is 0.488. The van der Waals surface area contributed by atoms with Gasteiger partial charge in [-0.05, 0) is 82.3 Å². The van der Waals surface area contributed by atoms with Gasteiger partial charge in [0, 0.05) is 32.9 Å². The van der Waals surface area contributed by atoms with Crippen molar-refractivity contribution in [3.8, 4) is 28.1 Å². The van der Waals surface area contributed by atoms with Gasteiger partial charge in [-0.3, -0.25) is 4.90 Å². The van der Waals surface area contributed by atoms with Crippen LogP contribution in [-0.2, 0) is 19.4 Å². The normalized spacial score (nSPS) is 19.9. The highest BCUT2D eigenvalue weighted by molar-refractivity contribution is 6.30. The topological polar surface area (TPSA) is 41.2 Å². The number of hydrogen-bond acceptors (Lipinski definition) is 3. The molecule has 0 amide bonds. The molecule has 6 rings (SSSR count). The summed E-state index contributed by atoms with van der Waals surface area (Å²) in [5, 5.41) is 0.758. The van der Waals surface area contributed by atoms with Crippen molar-refractivity contribution in [3.05, 3.63) is 58.0 Å². The number of aryl methyl sites for hydroxylation is 1. The molecule has 160 valence electrons. The summed E-state index contributed by atoms with van der Waals surface area (Å²) in [6, 6.07) is 10.9. The molecule has 1 atom stereocenters. The van der Waals surface area contributed by atoms with E-state index in [1.807, 2.05) is 12.1 Å². The van der Waals surface area contributed by atoms with Crippen molar-refractivity contribution in [1.82, 2.24) is 14.9 Å². The van der Waals surface area contributed by atoms with Gasteiger partial charge in [-0.25, -0.2) is 4.98 Å². The Hall–Kier alpha value is -2.30. The van der Waals surface area contributed by atoms with E-state index in [4.69, 9.17) is 21.3 Å². The third-order valence-corrected chi connectivity index (χ3v) is 7.33.